The molecule has 3 rings (SSSR count). The maximum atomic E-state index is 11.4. The van der Waals surface area contributed by atoms with Crippen molar-refractivity contribution in [3.05, 3.63) is 60.2 Å². The normalized spacial score (nSPS) is 14.7. The van der Waals surface area contributed by atoms with E-state index >= 15 is 0 Å². The zero-order chi connectivity index (χ0) is 21.3. The first-order valence-electron chi connectivity index (χ1n) is 10.0. The summed E-state index contributed by atoms with van der Waals surface area (Å²) in [6, 6.07) is 15.7. The van der Waals surface area contributed by atoms with Crippen LogP contribution < -0.4 is 14.4 Å². The zero-order valence-corrected chi connectivity index (χ0v) is 17.5. The van der Waals surface area contributed by atoms with Crippen LogP contribution in [-0.4, -0.2) is 74.6 Å². The molecule has 0 atom stereocenters. The fourth-order valence-electron chi connectivity index (χ4n) is 3.35. The number of methoxy groups -OCH3 is 1. The third-order valence-corrected chi connectivity index (χ3v) is 5.09. The number of hydrogen-bond donors (Lipinski definition) is 1. The van der Waals surface area contributed by atoms with Gasteiger partial charge in [-0.1, -0.05) is 24.3 Å². The lowest BCUT2D eigenvalue weighted by Crippen LogP contribution is -2.47. The standard InChI is InChI=1S/C23H29N3O4/c1-24(28)23(27)12-9-19-7-10-20(11-8-19)30-18-17-25-13-15-26(16-14-25)21-5-3-4-6-22(21)29-2/h3-12,28H,13-18H2,1-2H3. The topological polar surface area (TPSA) is 65.5 Å². The van der Waals surface area contributed by atoms with E-state index in [0.29, 0.717) is 11.7 Å². The number of carbonyl (C=O) groups is 1. The first kappa shape index (κ1) is 21.7. The molecule has 1 aliphatic rings. The molecule has 0 bridgehead atoms. The van der Waals surface area contributed by atoms with Crippen molar-refractivity contribution in [3.63, 3.8) is 0 Å². The molecule has 0 saturated carbocycles. The highest BCUT2D eigenvalue weighted by atomic mass is 16.5. The lowest BCUT2D eigenvalue weighted by molar-refractivity contribution is -0.153. The highest BCUT2D eigenvalue weighted by Crippen LogP contribution is 2.28. The highest BCUT2D eigenvalue weighted by molar-refractivity contribution is 5.90. The van der Waals surface area contributed by atoms with Gasteiger partial charge in [0.25, 0.3) is 5.91 Å². The van der Waals surface area contributed by atoms with Gasteiger partial charge in [0.1, 0.15) is 18.1 Å². The van der Waals surface area contributed by atoms with E-state index in [9.17, 15) is 4.79 Å². The van der Waals surface area contributed by atoms with Crippen LogP contribution in [0.3, 0.4) is 0 Å². The number of carbonyl (C=O) groups excluding carboxylic acids is 1. The quantitative estimate of drug-likeness (QED) is 0.409. The lowest BCUT2D eigenvalue weighted by atomic mass is 10.2. The summed E-state index contributed by atoms with van der Waals surface area (Å²) in [6.45, 7) is 5.39. The SMILES string of the molecule is COc1ccccc1N1CCN(CCOc2ccc(C=CC(=O)N(C)O)cc2)CC1. The minimum absolute atomic E-state index is 0.471. The molecule has 1 aliphatic heterocycles. The van der Waals surface area contributed by atoms with Crippen molar-refractivity contribution in [1.29, 1.82) is 0 Å². The molecule has 0 radical (unpaired) electrons. The van der Waals surface area contributed by atoms with Gasteiger partial charge in [0.2, 0.25) is 0 Å². The van der Waals surface area contributed by atoms with E-state index in [0.717, 1.165) is 55.5 Å². The average molecular weight is 412 g/mol. The monoisotopic (exact) mass is 411 g/mol. The van der Waals surface area contributed by atoms with Crippen LogP contribution in [0.5, 0.6) is 11.5 Å². The summed E-state index contributed by atoms with van der Waals surface area (Å²) in [5, 5.41) is 9.59. The van der Waals surface area contributed by atoms with E-state index in [2.05, 4.69) is 15.9 Å². The van der Waals surface area contributed by atoms with Crippen LogP contribution in [0.2, 0.25) is 0 Å². The molecule has 2 aromatic carbocycles. The molecular formula is C23H29N3O4. The van der Waals surface area contributed by atoms with Crippen molar-refractivity contribution < 1.29 is 19.5 Å². The van der Waals surface area contributed by atoms with E-state index in [-0.39, 0.29) is 0 Å². The number of anilines is 1. The molecule has 0 aromatic heterocycles. The number of hydrogen-bond acceptors (Lipinski definition) is 6. The predicted octanol–water partition coefficient (Wildman–Crippen LogP) is 2.76. The number of ether oxygens (including phenoxy) is 2. The summed E-state index contributed by atoms with van der Waals surface area (Å²) < 4.78 is 11.3. The fraction of sp³-hybridized carbons (Fsp3) is 0.348. The Morgan fingerprint density at radius 1 is 1.10 bits per heavy atom. The average Bonchev–Trinajstić information content (AvgIpc) is 2.78. The minimum atomic E-state index is -0.471. The number of amides is 1. The van der Waals surface area contributed by atoms with Crippen molar-refractivity contribution in [2.45, 2.75) is 0 Å². The number of nitrogens with zero attached hydrogens (tertiary/aromatic N) is 3. The molecule has 7 nitrogen and oxygen atoms in total. The molecule has 1 N–H and O–H groups in total. The predicted molar refractivity (Wildman–Crippen MR) is 117 cm³/mol. The third kappa shape index (κ3) is 5.98. The Hall–Kier alpha value is -3.03. The van der Waals surface area contributed by atoms with Gasteiger partial charge in [-0.05, 0) is 35.9 Å². The summed E-state index contributed by atoms with van der Waals surface area (Å²) in [5.74, 6) is 1.24. The minimum Gasteiger partial charge on any atom is -0.495 e. The van der Waals surface area contributed by atoms with Gasteiger partial charge < -0.3 is 14.4 Å². The van der Waals surface area contributed by atoms with Crippen molar-refractivity contribution in [2.24, 2.45) is 0 Å². The maximum Gasteiger partial charge on any atom is 0.269 e. The summed E-state index contributed by atoms with van der Waals surface area (Å²) in [4.78, 5) is 16.1. The number of rotatable bonds is 8. The van der Waals surface area contributed by atoms with Crippen molar-refractivity contribution >= 4 is 17.7 Å². The van der Waals surface area contributed by atoms with Gasteiger partial charge in [0, 0.05) is 45.8 Å². The van der Waals surface area contributed by atoms with Gasteiger partial charge >= 0.3 is 0 Å². The molecule has 30 heavy (non-hydrogen) atoms. The zero-order valence-electron chi connectivity index (χ0n) is 17.5. The molecular weight excluding hydrogens is 382 g/mol. The van der Waals surface area contributed by atoms with Gasteiger partial charge in [-0.15, -0.1) is 0 Å². The number of hydroxylamine groups is 2. The first-order chi connectivity index (χ1) is 14.6. The Balaban J connectivity index is 1.40. The molecule has 1 saturated heterocycles. The van der Waals surface area contributed by atoms with E-state index in [1.54, 1.807) is 13.2 Å². The van der Waals surface area contributed by atoms with E-state index < -0.39 is 5.91 Å². The van der Waals surface area contributed by atoms with Gasteiger partial charge in [-0.25, -0.2) is 5.06 Å². The molecule has 0 unspecified atom stereocenters. The second-order valence-corrected chi connectivity index (χ2v) is 7.11. The Morgan fingerprint density at radius 3 is 2.47 bits per heavy atom. The van der Waals surface area contributed by atoms with Crippen LogP contribution in [0.4, 0.5) is 5.69 Å². The Kier molecular flexibility index (Phi) is 7.70. The van der Waals surface area contributed by atoms with Crippen LogP contribution in [0.25, 0.3) is 6.08 Å². The third-order valence-electron chi connectivity index (χ3n) is 5.09. The fourth-order valence-corrected chi connectivity index (χ4v) is 3.35. The molecule has 0 aliphatic carbocycles. The Labute approximate surface area is 177 Å². The molecule has 1 heterocycles. The van der Waals surface area contributed by atoms with Gasteiger partial charge in [-0.2, -0.15) is 0 Å². The van der Waals surface area contributed by atoms with Crippen LogP contribution in [0, 0.1) is 0 Å². The lowest BCUT2D eigenvalue weighted by Gasteiger charge is -2.36. The molecule has 7 heteroatoms. The maximum absolute atomic E-state index is 11.4. The summed E-state index contributed by atoms with van der Waals surface area (Å²) in [7, 11) is 3.00. The van der Waals surface area contributed by atoms with Gasteiger partial charge in [0.15, 0.2) is 0 Å². The molecule has 160 valence electrons. The molecule has 1 amide bonds. The summed E-state index contributed by atoms with van der Waals surface area (Å²) >= 11 is 0. The Morgan fingerprint density at radius 2 is 1.80 bits per heavy atom. The van der Waals surface area contributed by atoms with E-state index in [4.69, 9.17) is 14.7 Å². The van der Waals surface area contributed by atoms with Crippen LogP contribution in [-0.2, 0) is 4.79 Å². The summed E-state index contributed by atoms with van der Waals surface area (Å²) in [5.41, 5.74) is 2.02. The first-order valence-corrected chi connectivity index (χ1v) is 10.0. The van der Waals surface area contributed by atoms with Crippen molar-refractivity contribution in [3.8, 4) is 11.5 Å². The largest absolute Gasteiger partial charge is 0.495 e. The van der Waals surface area contributed by atoms with Gasteiger partial charge in [0.05, 0.1) is 12.8 Å². The smallest absolute Gasteiger partial charge is 0.269 e. The second-order valence-electron chi connectivity index (χ2n) is 7.11. The van der Waals surface area contributed by atoms with E-state index in [1.165, 1.54) is 13.1 Å². The van der Waals surface area contributed by atoms with Crippen LogP contribution >= 0.6 is 0 Å². The second kappa shape index (κ2) is 10.7. The number of benzene rings is 2. The van der Waals surface area contributed by atoms with Crippen LogP contribution in [0.15, 0.2) is 54.6 Å². The number of para-hydroxylation sites is 2. The highest BCUT2D eigenvalue weighted by Gasteiger charge is 2.19. The summed E-state index contributed by atoms with van der Waals surface area (Å²) in [6.07, 6.45) is 2.97. The number of likely N-dealkylation sites (N-methyl/N-ethyl adjacent to an activating group) is 1. The molecule has 2 aromatic rings. The van der Waals surface area contributed by atoms with Crippen molar-refractivity contribution in [1.82, 2.24) is 9.96 Å². The van der Waals surface area contributed by atoms with Gasteiger partial charge in [-0.3, -0.25) is 14.9 Å². The molecule has 1 fully saturated rings. The van der Waals surface area contributed by atoms with Crippen LogP contribution in [0.1, 0.15) is 5.56 Å². The number of piperazine rings is 1. The Bertz CT molecular complexity index is 844. The van der Waals surface area contributed by atoms with E-state index in [1.807, 2.05) is 42.5 Å². The molecule has 0 spiro atoms. The van der Waals surface area contributed by atoms with Crippen molar-refractivity contribution in [2.75, 3.05) is 58.4 Å².